The molecule has 0 saturated carbocycles. The number of hydrogen-bond acceptors (Lipinski definition) is 8. The number of rotatable bonds is 11. The van der Waals surface area contributed by atoms with Gasteiger partial charge in [-0.05, 0) is 36.8 Å². The number of fused-ring (bicyclic) bond motifs is 1. The van der Waals surface area contributed by atoms with Gasteiger partial charge >= 0.3 is 17.9 Å². The third-order valence-electron chi connectivity index (χ3n) is 6.06. The molecule has 2 heterocycles. The van der Waals surface area contributed by atoms with Crippen LogP contribution in [-0.2, 0) is 25.5 Å². The maximum absolute atomic E-state index is 13.0. The van der Waals surface area contributed by atoms with Crippen molar-refractivity contribution in [2.24, 2.45) is 0 Å². The highest BCUT2D eigenvalue weighted by atomic mass is 16.5. The van der Waals surface area contributed by atoms with Crippen molar-refractivity contribution in [3.05, 3.63) is 89.6 Å². The summed E-state index contributed by atoms with van der Waals surface area (Å²) < 4.78 is 11.4. The number of aliphatic carboxylic acids is 1. The molecule has 1 atom stereocenters. The van der Waals surface area contributed by atoms with E-state index in [1.807, 2.05) is 6.07 Å². The number of hydrogen-bond donors (Lipinski definition) is 3. The van der Waals surface area contributed by atoms with E-state index in [0.29, 0.717) is 28.3 Å². The summed E-state index contributed by atoms with van der Waals surface area (Å²) in [7, 11) is 1.30. The minimum Gasteiger partial charge on any atom is -0.480 e. The van der Waals surface area contributed by atoms with Crippen molar-refractivity contribution in [1.82, 2.24) is 14.7 Å². The lowest BCUT2D eigenvalue weighted by Gasteiger charge is -2.15. The summed E-state index contributed by atoms with van der Waals surface area (Å²) in [5, 5.41) is 15.3. The fourth-order valence-corrected chi connectivity index (χ4v) is 4.10. The normalized spacial score (nSPS) is 11.4. The van der Waals surface area contributed by atoms with Gasteiger partial charge < -0.3 is 25.2 Å². The number of benzene rings is 2. The van der Waals surface area contributed by atoms with Gasteiger partial charge in [0.25, 0.3) is 5.91 Å². The van der Waals surface area contributed by atoms with E-state index in [-0.39, 0.29) is 25.1 Å². The molecule has 0 spiro atoms. The lowest BCUT2D eigenvalue weighted by molar-refractivity contribution is -0.141. The van der Waals surface area contributed by atoms with E-state index >= 15 is 0 Å². The molecule has 0 saturated heterocycles. The molecule has 11 heteroatoms. The number of carboxylic acid groups (broad SMARTS) is 1. The molecule has 0 aliphatic rings. The van der Waals surface area contributed by atoms with Gasteiger partial charge in [-0.2, -0.15) is 0 Å². The molecule has 2 aromatic heterocycles. The van der Waals surface area contributed by atoms with Gasteiger partial charge in [-0.15, -0.1) is 0 Å². The van der Waals surface area contributed by atoms with E-state index in [2.05, 4.69) is 15.6 Å². The zero-order valence-corrected chi connectivity index (χ0v) is 21.9. The largest absolute Gasteiger partial charge is 0.480 e. The van der Waals surface area contributed by atoms with Crippen molar-refractivity contribution in [3.8, 4) is 11.3 Å². The Morgan fingerprint density at radius 3 is 2.38 bits per heavy atom. The van der Waals surface area contributed by atoms with Crippen LogP contribution < -0.4 is 10.6 Å². The molecule has 11 nitrogen and oxygen atoms in total. The molecule has 0 bridgehead atoms. The minimum atomic E-state index is -1.15. The third kappa shape index (κ3) is 6.44. The standard InChI is InChI=1S/C29H28N4O7/c1-3-40-24(34)17-30-26-25(19-9-11-20(12-10-19)29(38)39-2)32-23-16-21(13-14-33(23)26)27(35)31-22(28(36)37)15-18-7-5-4-6-8-18/h4-14,16,22,30H,3,15,17H2,1-2H3,(H,31,35)(H,36,37). The number of nitrogens with one attached hydrogen (secondary N) is 2. The molecule has 1 unspecified atom stereocenters. The summed E-state index contributed by atoms with van der Waals surface area (Å²) >= 11 is 0. The average molecular weight is 545 g/mol. The van der Waals surface area contributed by atoms with Crippen LogP contribution in [0.1, 0.15) is 33.2 Å². The van der Waals surface area contributed by atoms with E-state index in [1.165, 1.54) is 19.2 Å². The molecular formula is C29H28N4O7. The molecule has 0 aliphatic heterocycles. The SMILES string of the molecule is CCOC(=O)CNc1c(-c2ccc(C(=O)OC)cc2)nc2cc(C(=O)NC(Cc3ccccc3)C(=O)O)ccn12. The smallest absolute Gasteiger partial charge is 0.337 e. The first kappa shape index (κ1) is 27.8. The summed E-state index contributed by atoms with van der Waals surface area (Å²) in [6.45, 7) is 1.81. The maximum atomic E-state index is 13.0. The number of anilines is 1. The molecule has 2 aromatic carbocycles. The second-order valence-corrected chi connectivity index (χ2v) is 8.73. The molecule has 40 heavy (non-hydrogen) atoms. The second kappa shape index (κ2) is 12.6. The number of ether oxygens (including phenoxy) is 2. The highest BCUT2D eigenvalue weighted by molar-refractivity contribution is 5.98. The van der Waals surface area contributed by atoms with Gasteiger partial charge in [-0.3, -0.25) is 14.0 Å². The Morgan fingerprint density at radius 2 is 1.73 bits per heavy atom. The monoisotopic (exact) mass is 544 g/mol. The number of methoxy groups -OCH3 is 1. The van der Waals surface area contributed by atoms with E-state index in [0.717, 1.165) is 5.56 Å². The van der Waals surface area contributed by atoms with E-state index in [9.17, 15) is 24.3 Å². The number of carboxylic acids is 1. The lowest BCUT2D eigenvalue weighted by atomic mass is 10.1. The number of pyridine rings is 1. The molecule has 0 aliphatic carbocycles. The van der Waals surface area contributed by atoms with E-state index < -0.39 is 29.9 Å². The van der Waals surface area contributed by atoms with Crippen LogP contribution in [0.5, 0.6) is 0 Å². The third-order valence-corrected chi connectivity index (χ3v) is 6.06. The Balaban J connectivity index is 1.65. The Morgan fingerprint density at radius 1 is 1.00 bits per heavy atom. The Hall–Kier alpha value is -5.19. The van der Waals surface area contributed by atoms with Crippen molar-refractivity contribution >= 4 is 35.3 Å². The number of carbonyl (C=O) groups excluding carboxylic acids is 3. The van der Waals surface area contributed by atoms with E-state index in [1.54, 1.807) is 66.1 Å². The summed E-state index contributed by atoms with van der Waals surface area (Å²) in [5.41, 5.74) is 2.83. The number of esters is 2. The van der Waals surface area contributed by atoms with Gasteiger partial charge in [0.15, 0.2) is 0 Å². The van der Waals surface area contributed by atoms with Gasteiger partial charge in [0.05, 0.1) is 19.3 Å². The lowest BCUT2D eigenvalue weighted by Crippen LogP contribution is -2.42. The predicted octanol–water partition coefficient (Wildman–Crippen LogP) is 3.19. The highest BCUT2D eigenvalue weighted by Gasteiger charge is 2.23. The molecule has 0 fully saturated rings. The number of imidazole rings is 1. The number of nitrogens with zero attached hydrogens (tertiary/aromatic N) is 2. The number of amides is 1. The number of aromatic nitrogens is 2. The van der Waals surface area contributed by atoms with Crippen molar-refractivity contribution < 1.29 is 33.8 Å². The first-order chi connectivity index (χ1) is 19.3. The van der Waals surface area contributed by atoms with Gasteiger partial charge in [-0.25, -0.2) is 14.6 Å². The Bertz CT molecular complexity index is 1530. The molecule has 1 amide bonds. The first-order valence-electron chi connectivity index (χ1n) is 12.5. The van der Waals surface area contributed by atoms with Crippen molar-refractivity contribution in [2.45, 2.75) is 19.4 Å². The molecule has 0 radical (unpaired) electrons. The number of carbonyl (C=O) groups is 4. The highest BCUT2D eigenvalue weighted by Crippen LogP contribution is 2.29. The fraction of sp³-hybridized carbons (Fsp3) is 0.207. The first-order valence-corrected chi connectivity index (χ1v) is 12.5. The Labute approximate surface area is 229 Å². The average Bonchev–Trinajstić information content (AvgIpc) is 3.33. The van der Waals surface area contributed by atoms with Crippen molar-refractivity contribution in [2.75, 3.05) is 25.6 Å². The predicted molar refractivity (Wildman–Crippen MR) is 146 cm³/mol. The zero-order valence-electron chi connectivity index (χ0n) is 21.9. The second-order valence-electron chi connectivity index (χ2n) is 8.73. The summed E-state index contributed by atoms with van der Waals surface area (Å²) in [6.07, 6.45) is 1.73. The zero-order chi connectivity index (χ0) is 28.6. The van der Waals surface area contributed by atoms with Crippen molar-refractivity contribution in [1.29, 1.82) is 0 Å². The Kier molecular flexibility index (Phi) is 8.75. The van der Waals surface area contributed by atoms with E-state index in [4.69, 9.17) is 9.47 Å². The van der Waals surface area contributed by atoms with Gasteiger partial charge in [-0.1, -0.05) is 42.5 Å². The summed E-state index contributed by atoms with van der Waals surface area (Å²) in [4.78, 5) is 53.4. The molecule has 4 rings (SSSR count). The molecule has 3 N–H and O–H groups in total. The van der Waals surface area contributed by atoms with Crippen LogP contribution in [0, 0.1) is 0 Å². The molecule has 206 valence electrons. The van der Waals surface area contributed by atoms with Gasteiger partial charge in [0, 0.05) is 23.7 Å². The molecule has 4 aromatic rings. The quantitative estimate of drug-likeness (QED) is 0.242. The maximum Gasteiger partial charge on any atom is 0.337 e. The summed E-state index contributed by atoms with van der Waals surface area (Å²) in [5.74, 6) is -2.20. The van der Waals surface area contributed by atoms with Crippen LogP contribution in [0.25, 0.3) is 16.9 Å². The summed E-state index contributed by atoms with van der Waals surface area (Å²) in [6, 6.07) is 17.5. The van der Waals surface area contributed by atoms with Crippen LogP contribution in [-0.4, -0.2) is 64.6 Å². The topological polar surface area (TPSA) is 148 Å². The van der Waals surface area contributed by atoms with Crippen molar-refractivity contribution in [3.63, 3.8) is 0 Å². The van der Waals surface area contributed by atoms with Gasteiger partial charge in [0.2, 0.25) is 0 Å². The van der Waals surface area contributed by atoms with Crippen LogP contribution in [0.2, 0.25) is 0 Å². The van der Waals surface area contributed by atoms with Crippen LogP contribution in [0.3, 0.4) is 0 Å². The molecular weight excluding hydrogens is 516 g/mol. The van der Waals surface area contributed by atoms with Gasteiger partial charge in [0.1, 0.15) is 29.7 Å². The van der Waals surface area contributed by atoms with Crippen LogP contribution in [0.4, 0.5) is 5.82 Å². The van der Waals surface area contributed by atoms with Crippen LogP contribution >= 0.6 is 0 Å². The fourth-order valence-electron chi connectivity index (χ4n) is 4.10. The van der Waals surface area contributed by atoms with Crippen LogP contribution in [0.15, 0.2) is 72.9 Å². The minimum absolute atomic E-state index is 0.126.